The zero-order chi connectivity index (χ0) is 15.2. The first-order chi connectivity index (χ1) is 9.41. The van der Waals surface area contributed by atoms with E-state index in [1.54, 1.807) is 32.0 Å². The first kappa shape index (κ1) is 15.5. The fraction of sp³-hybridized carbons (Fsp3) is 0.357. The van der Waals surface area contributed by atoms with Crippen molar-refractivity contribution in [3.8, 4) is 6.07 Å². The van der Waals surface area contributed by atoms with Gasteiger partial charge in [-0.15, -0.1) is 0 Å². The minimum Gasteiger partial charge on any atom is -0.481 e. The van der Waals surface area contributed by atoms with Crippen molar-refractivity contribution in [2.75, 3.05) is 11.9 Å². The summed E-state index contributed by atoms with van der Waals surface area (Å²) in [7, 11) is 0. The SMILES string of the molecule is CCC(C)(CNC(=O)Nc1cccc(C#N)c1)C(=O)O. The number of aliphatic carboxylic acids is 1. The number of nitrogens with one attached hydrogen (secondary N) is 2. The van der Waals surface area contributed by atoms with E-state index in [0.29, 0.717) is 17.7 Å². The van der Waals surface area contributed by atoms with E-state index in [2.05, 4.69) is 10.6 Å². The van der Waals surface area contributed by atoms with Crippen LogP contribution >= 0.6 is 0 Å². The average Bonchev–Trinajstić information content (AvgIpc) is 2.44. The van der Waals surface area contributed by atoms with Crippen LogP contribution in [-0.4, -0.2) is 23.7 Å². The molecule has 0 radical (unpaired) electrons. The molecule has 0 fully saturated rings. The molecule has 0 aliphatic rings. The van der Waals surface area contributed by atoms with Crippen molar-refractivity contribution in [1.82, 2.24) is 5.32 Å². The van der Waals surface area contributed by atoms with Gasteiger partial charge in [-0.05, 0) is 31.5 Å². The third kappa shape index (κ3) is 3.99. The van der Waals surface area contributed by atoms with Crippen molar-refractivity contribution in [1.29, 1.82) is 5.26 Å². The lowest BCUT2D eigenvalue weighted by Gasteiger charge is -2.23. The highest BCUT2D eigenvalue weighted by Crippen LogP contribution is 2.20. The normalized spacial score (nSPS) is 12.8. The number of nitrogens with zero attached hydrogens (tertiary/aromatic N) is 1. The Morgan fingerprint density at radius 1 is 1.45 bits per heavy atom. The van der Waals surface area contributed by atoms with Gasteiger partial charge in [-0.2, -0.15) is 5.26 Å². The highest BCUT2D eigenvalue weighted by atomic mass is 16.4. The number of hydrogen-bond acceptors (Lipinski definition) is 3. The number of carboxylic acids is 1. The summed E-state index contributed by atoms with van der Waals surface area (Å²) in [6, 6.07) is 7.94. The molecule has 20 heavy (non-hydrogen) atoms. The summed E-state index contributed by atoms with van der Waals surface area (Å²) in [5, 5.41) is 22.9. The molecule has 2 amide bonds. The second kappa shape index (κ2) is 6.57. The quantitative estimate of drug-likeness (QED) is 0.766. The molecular formula is C14H17N3O3. The Labute approximate surface area is 117 Å². The van der Waals surface area contributed by atoms with E-state index >= 15 is 0 Å². The Morgan fingerprint density at radius 2 is 2.15 bits per heavy atom. The van der Waals surface area contributed by atoms with Gasteiger partial charge >= 0.3 is 12.0 Å². The van der Waals surface area contributed by atoms with E-state index in [-0.39, 0.29) is 6.54 Å². The Morgan fingerprint density at radius 3 is 2.70 bits per heavy atom. The number of amides is 2. The van der Waals surface area contributed by atoms with Gasteiger partial charge in [0, 0.05) is 12.2 Å². The maximum absolute atomic E-state index is 11.7. The first-order valence-corrected chi connectivity index (χ1v) is 6.19. The van der Waals surface area contributed by atoms with Crippen molar-refractivity contribution in [3.05, 3.63) is 29.8 Å². The molecule has 6 nitrogen and oxygen atoms in total. The second-order valence-electron chi connectivity index (χ2n) is 4.72. The van der Waals surface area contributed by atoms with Crippen LogP contribution in [-0.2, 0) is 4.79 Å². The zero-order valence-corrected chi connectivity index (χ0v) is 11.4. The molecule has 106 valence electrons. The lowest BCUT2D eigenvalue weighted by atomic mass is 9.88. The molecule has 1 rings (SSSR count). The molecule has 0 aliphatic carbocycles. The predicted molar refractivity (Wildman–Crippen MR) is 74.2 cm³/mol. The standard InChI is InChI=1S/C14H17N3O3/c1-3-14(2,12(18)19)9-16-13(20)17-11-6-4-5-10(7-11)8-15/h4-7H,3,9H2,1-2H3,(H,18,19)(H2,16,17,20). The molecule has 1 aromatic carbocycles. The third-order valence-electron chi connectivity index (χ3n) is 3.19. The van der Waals surface area contributed by atoms with E-state index in [4.69, 9.17) is 10.4 Å². The van der Waals surface area contributed by atoms with Crippen LogP contribution in [0.2, 0.25) is 0 Å². The molecule has 0 heterocycles. The number of carbonyl (C=O) groups excluding carboxylic acids is 1. The van der Waals surface area contributed by atoms with Crippen molar-refractivity contribution >= 4 is 17.7 Å². The van der Waals surface area contributed by atoms with Crippen LogP contribution in [0.3, 0.4) is 0 Å². The van der Waals surface area contributed by atoms with E-state index in [0.717, 1.165) is 0 Å². The number of carboxylic acid groups (broad SMARTS) is 1. The number of anilines is 1. The molecule has 1 atom stereocenters. The lowest BCUT2D eigenvalue weighted by Crippen LogP contribution is -2.42. The van der Waals surface area contributed by atoms with Crippen LogP contribution in [0.25, 0.3) is 0 Å². The van der Waals surface area contributed by atoms with E-state index in [1.807, 2.05) is 6.07 Å². The number of urea groups is 1. The van der Waals surface area contributed by atoms with Gasteiger partial charge in [0.2, 0.25) is 0 Å². The summed E-state index contributed by atoms with van der Waals surface area (Å²) < 4.78 is 0. The van der Waals surface area contributed by atoms with E-state index < -0.39 is 17.4 Å². The summed E-state index contributed by atoms with van der Waals surface area (Å²) >= 11 is 0. The maximum atomic E-state index is 11.7. The predicted octanol–water partition coefficient (Wildman–Crippen LogP) is 2.18. The highest BCUT2D eigenvalue weighted by Gasteiger charge is 2.31. The molecule has 0 aliphatic heterocycles. The molecular weight excluding hydrogens is 258 g/mol. The van der Waals surface area contributed by atoms with Gasteiger partial charge in [0.15, 0.2) is 0 Å². The molecule has 0 spiro atoms. The van der Waals surface area contributed by atoms with Crippen LogP contribution in [0, 0.1) is 16.7 Å². The van der Waals surface area contributed by atoms with Crippen molar-refractivity contribution in [2.45, 2.75) is 20.3 Å². The molecule has 3 N–H and O–H groups in total. The molecule has 0 bridgehead atoms. The molecule has 6 heteroatoms. The summed E-state index contributed by atoms with van der Waals surface area (Å²) in [4.78, 5) is 22.8. The fourth-order valence-corrected chi connectivity index (χ4v) is 1.47. The molecule has 1 aromatic rings. The number of benzene rings is 1. The van der Waals surface area contributed by atoms with Crippen LogP contribution in [0.4, 0.5) is 10.5 Å². The van der Waals surface area contributed by atoms with Crippen LogP contribution in [0.1, 0.15) is 25.8 Å². The molecule has 0 saturated carbocycles. The smallest absolute Gasteiger partial charge is 0.319 e. The summed E-state index contributed by atoms with van der Waals surface area (Å²) in [5.41, 5.74) is -0.0759. The molecule has 1 unspecified atom stereocenters. The highest BCUT2D eigenvalue weighted by molar-refractivity contribution is 5.89. The first-order valence-electron chi connectivity index (χ1n) is 6.19. The minimum atomic E-state index is -0.994. The van der Waals surface area contributed by atoms with Gasteiger partial charge in [-0.3, -0.25) is 4.79 Å². The lowest BCUT2D eigenvalue weighted by molar-refractivity contribution is -0.147. The number of nitriles is 1. The Hall–Kier alpha value is -2.55. The maximum Gasteiger partial charge on any atom is 0.319 e. The van der Waals surface area contributed by atoms with Crippen LogP contribution < -0.4 is 10.6 Å². The van der Waals surface area contributed by atoms with Gasteiger partial charge in [-0.1, -0.05) is 13.0 Å². The van der Waals surface area contributed by atoms with Gasteiger partial charge in [0.25, 0.3) is 0 Å². The van der Waals surface area contributed by atoms with Crippen molar-refractivity contribution in [2.24, 2.45) is 5.41 Å². The van der Waals surface area contributed by atoms with Crippen molar-refractivity contribution < 1.29 is 14.7 Å². The Balaban J connectivity index is 2.60. The zero-order valence-electron chi connectivity index (χ0n) is 11.4. The molecule has 0 aromatic heterocycles. The van der Waals surface area contributed by atoms with Gasteiger partial charge < -0.3 is 15.7 Å². The van der Waals surface area contributed by atoms with E-state index in [9.17, 15) is 9.59 Å². The number of hydrogen-bond donors (Lipinski definition) is 3. The van der Waals surface area contributed by atoms with Crippen LogP contribution in [0.5, 0.6) is 0 Å². The third-order valence-corrected chi connectivity index (χ3v) is 3.19. The van der Waals surface area contributed by atoms with Gasteiger partial charge in [-0.25, -0.2) is 4.79 Å². The summed E-state index contributed by atoms with van der Waals surface area (Å²) in [6.45, 7) is 3.36. The second-order valence-corrected chi connectivity index (χ2v) is 4.72. The fourth-order valence-electron chi connectivity index (χ4n) is 1.47. The van der Waals surface area contributed by atoms with Crippen molar-refractivity contribution in [3.63, 3.8) is 0 Å². The summed E-state index contributed by atoms with van der Waals surface area (Å²) in [6.07, 6.45) is 0.409. The topological polar surface area (TPSA) is 102 Å². The Bertz CT molecular complexity index is 551. The van der Waals surface area contributed by atoms with Crippen LogP contribution in [0.15, 0.2) is 24.3 Å². The average molecular weight is 275 g/mol. The molecule has 0 saturated heterocycles. The Kier molecular flexibility index (Phi) is 5.09. The number of rotatable bonds is 5. The largest absolute Gasteiger partial charge is 0.481 e. The van der Waals surface area contributed by atoms with Gasteiger partial charge in [0.1, 0.15) is 0 Å². The monoisotopic (exact) mass is 275 g/mol. The number of carbonyl (C=O) groups is 2. The minimum absolute atomic E-state index is 0.0304. The summed E-state index contributed by atoms with van der Waals surface area (Å²) in [5.74, 6) is -0.952. The van der Waals surface area contributed by atoms with E-state index in [1.165, 1.54) is 6.07 Å². The van der Waals surface area contributed by atoms with Gasteiger partial charge in [0.05, 0.1) is 17.0 Å².